The summed E-state index contributed by atoms with van der Waals surface area (Å²) in [5, 5.41) is 3.71. The average molecular weight is 260 g/mol. The first-order valence-electron chi connectivity index (χ1n) is 6.40. The molecular weight excluding hydrogens is 244 g/mol. The summed E-state index contributed by atoms with van der Waals surface area (Å²) in [6.07, 6.45) is 6.42. The highest BCUT2D eigenvalue weighted by Gasteiger charge is 2.21. The van der Waals surface area contributed by atoms with Gasteiger partial charge in [0.05, 0.1) is 10.9 Å². The van der Waals surface area contributed by atoms with Crippen LogP contribution in [0.1, 0.15) is 23.2 Å². The van der Waals surface area contributed by atoms with Crippen LogP contribution in [0, 0.1) is 0 Å². The fourth-order valence-electron chi connectivity index (χ4n) is 2.37. The zero-order valence-electron chi connectivity index (χ0n) is 10.8. The zero-order chi connectivity index (χ0) is 13.2. The third kappa shape index (κ3) is 2.44. The Morgan fingerprint density at radius 1 is 1.47 bits per heavy atom. The topological polar surface area (TPSA) is 71.3 Å². The molecule has 0 radical (unpaired) electrons. The average Bonchev–Trinajstić information content (AvgIpc) is 2.85. The molecule has 3 rings (SSSR count). The van der Waals surface area contributed by atoms with E-state index in [2.05, 4.69) is 27.2 Å². The van der Waals surface area contributed by atoms with Gasteiger partial charge in [0.1, 0.15) is 12.6 Å². The van der Waals surface area contributed by atoms with Crippen LogP contribution in [-0.2, 0) is 0 Å². The molecule has 0 aliphatic carbocycles. The molecule has 0 unspecified atom stereocenters. The minimum absolute atomic E-state index is 0.108. The quantitative estimate of drug-likeness (QED) is 0.873. The summed E-state index contributed by atoms with van der Waals surface area (Å²) in [4.78, 5) is 22.4. The number of carbonyl (C=O) groups excluding carboxylic acids is 1. The molecular formula is C13H16N4O2. The maximum Gasteiger partial charge on any atom is 0.255 e. The molecule has 0 bridgehead atoms. The molecule has 1 amide bonds. The van der Waals surface area contributed by atoms with Gasteiger partial charge in [-0.25, -0.2) is 9.97 Å². The summed E-state index contributed by atoms with van der Waals surface area (Å²) in [7, 11) is 2.10. The van der Waals surface area contributed by atoms with Crippen molar-refractivity contribution in [3.63, 3.8) is 0 Å². The molecule has 2 aromatic rings. The third-order valence-electron chi connectivity index (χ3n) is 3.55. The highest BCUT2D eigenvalue weighted by Crippen LogP contribution is 2.18. The van der Waals surface area contributed by atoms with Crippen LogP contribution >= 0.6 is 0 Å². The summed E-state index contributed by atoms with van der Waals surface area (Å²) in [5.41, 5.74) is 0.957. The first-order valence-corrected chi connectivity index (χ1v) is 6.40. The second-order valence-electron chi connectivity index (χ2n) is 4.94. The summed E-state index contributed by atoms with van der Waals surface area (Å²) < 4.78 is 5.26. The highest BCUT2D eigenvalue weighted by molar-refractivity contribution is 6.05. The predicted molar refractivity (Wildman–Crippen MR) is 69.8 cm³/mol. The van der Waals surface area contributed by atoms with Crippen molar-refractivity contribution < 1.29 is 9.21 Å². The van der Waals surface area contributed by atoms with Gasteiger partial charge >= 0.3 is 0 Å². The molecule has 2 aromatic heterocycles. The molecule has 0 atom stereocenters. The van der Waals surface area contributed by atoms with Crippen LogP contribution in [0.25, 0.3) is 11.1 Å². The van der Waals surface area contributed by atoms with E-state index in [1.165, 1.54) is 12.6 Å². The van der Waals surface area contributed by atoms with Gasteiger partial charge in [-0.1, -0.05) is 0 Å². The van der Waals surface area contributed by atoms with E-state index in [-0.39, 0.29) is 11.9 Å². The Morgan fingerprint density at radius 3 is 3.05 bits per heavy atom. The van der Waals surface area contributed by atoms with E-state index in [1.54, 1.807) is 6.20 Å². The van der Waals surface area contributed by atoms with Crippen LogP contribution in [0.4, 0.5) is 0 Å². The van der Waals surface area contributed by atoms with Gasteiger partial charge in [-0.15, -0.1) is 0 Å². The summed E-state index contributed by atoms with van der Waals surface area (Å²) >= 11 is 0. The molecule has 1 fully saturated rings. The number of carbonyl (C=O) groups is 1. The maximum absolute atomic E-state index is 12.2. The number of likely N-dealkylation sites (tertiary alicyclic amines) is 1. The summed E-state index contributed by atoms with van der Waals surface area (Å²) in [6.45, 7) is 2.03. The maximum atomic E-state index is 12.2. The van der Waals surface area contributed by atoms with Crippen molar-refractivity contribution in [2.75, 3.05) is 20.1 Å². The second-order valence-corrected chi connectivity index (χ2v) is 4.94. The van der Waals surface area contributed by atoms with Gasteiger partial charge in [-0.3, -0.25) is 4.79 Å². The van der Waals surface area contributed by atoms with Crippen molar-refractivity contribution in [1.29, 1.82) is 0 Å². The van der Waals surface area contributed by atoms with Gasteiger partial charge in [-0.05, 0) is 33.0 Å². The number of hydrogen-bond acceptors (Lipinski definition) is 5. The van der Waals surface area contributed by atoms with E-state index in [4.69, 9.17) is 4.42 Å². The van der Waals surface area contributed by atoms with Crippen LogP contribution in [0.3, 0.4) is 0 Å². The number of aromatic nitrogens is 2. The lowest BCUT2D eigenvalue weighted by Crippen LogP contribution is -2.43. The molecule has 1 aliphatic rings. The van der Waals surface area contributed by atoms with E-state index in [0.29, 0.717) is 16.7 Å². The molecule has 6 heteroatoms. The number of nitrogens with zero attached hydrogens (tertiary/aromatic N) is 3. The Bertz CT molecular complexity index is 587. The van der Waals surface area contributed by atoms with Crippen LogP contribution in [-0.4, -0.2) is 47.0 Å². The van der Waals surface area contributed by atoms with Crippen molar-refractivity contribution in [3.8, 4) is 0 Å². The van der Waals surface area contributed by atoms with Crippen molar-refractivity contribution >= 4 is 17.0 Å². The summed E-state index contributed by atoms with van der Waals surface area (Å²) in [6, 6.07) is 0.235. The van der Waals surface area contributed by atoms with Crippen molar-refractivity contribution in [1.82, 2.24) is 20.2 Å². The van der Waals surface area contributed by atoms with Crippen LogP contribution < -0.4 is 5.32 Å². The van der Waals surface area contributed by atoms with Gasteiger partial charge in [0.15, 0.2) is 0 Å². The van der Waals surface area contributed by atoms with Gasteiger partial charge in [0.25, 0.3) is 5.91 Å². The monoisotopic (exact) mass is 260 g/mol. The predicted octanol–water partition coefficient (Wildman–Crippen LogP) is 1.05. The Hall–Kier alpha value is -1.95. The van der Waals surface area contributed by atoms with E-state index < -0.39 is 0 Å². The Morgan fingerprint density at radius 2 is 2.26 bits per heavy atom. The fraction of sp³-hybridized carbons (Fsp3) is 0.462. The Balaban J connectivity index is 1.73. The van der Waals surface area contributed by atoms with Gasteiger partial charge < -0.3 is 14.6 Å². The lowest BCUT2D eigenvalue weighted by molar-refractivity contribution is 0.0917. The number of hydrogen-bond donors (Lipinski definition) is 1. The molecule has 3 heterocycles. The van der Waals surface area contributed by atoms with Crippen LogP contribution in [0.15, 0.2) is 23.2 Å². The minimum Gasteiger partial charge on any atom is -0.445 e. The van der Waals surface area contributed by atoms with E-state index in [0.717, 1.165) is 25.9 Å². The fourth-order valence-corrected chi connectivity index (χ4v) is 2.37. The molecule has 100 valence electrons. The van der Waals surface area contributed by atoms with Crippen LogP contribution in [0.5, 0.6) is 0 Å². The first kappa shape index (κ1) is 12.1. The molecule has 1 saturated heterocycles. The van der Waals surface area contributed by atoms with Crippen molar-refractivity contribution in [2.45, 2.75) is 18.9 Å². The van der Waals surface area contributed by atoms with Gasteiger partial charge in [0.2, 0.25) is 5.71 Å². The lowest BCUT2D eigenvalue weighted by Gasteiger charge is -2.29. The smallest absolute Gasteiger partial charge is 0.255 e. The summed E-state index contributed by atoms with van der Waals surface area (Å²) in [5.74, 6) is -0.108. The number of fused-ring (bicyclic) bond motifs is 1. The van der Waals surface area contributed by atoms with Crippen molar-refractivity contribution in [2.24, 2.45) is 0 Å². The standard InChI is InChI=1S/C13H16N4O2/c1-17-4-2-9(3-5-17)16-12(18)11-7-19-13-10(11)6-14-8-15-13/h6-9H,2-5H2,1H3,(H,16,18). The largest absolute Gasteiger partial charge is 0.445 e. The highest BCUT2D eigenvalue weighted by atomic mass is 16.3. The SMILES string of the molecule is CN1CCC(NC(=O)c2coc3ncncc23)CC1. The molecule has 0 spiro atoms. The minimum atomic E-state index is -0.108. The number of rotatable bonds is 2. The molecule has 6 nitrogen and oxygen atoms in total. The number of furan rings is 1. The molecule has 0 saturated carbocycles. The second kappa shape index (κ2) is 4.97. The van der Waals surface area contributed by atoms with Crippen molar-refractivity contribution in [3.05, 3.63) is 24.4 Å². The van der Waals surface area contributed by atoms with E-state index in [1.807, 2.05) is 0 Å². The number of amides is 1. The van der Waals surface area contributed by atoms with E-state index >= 15 is 0 Å². The molecule has 0 aromatic carbocycles. The lowest BCUT2D eigenvalue weighted by atomic mass is 10.1. The van der Waals surface area contributed by atoms with Gasteiger partial charge in [-0.2, -0.15) is 0 Å². The zero-order valence-corrected chi connectivity index (χ0v) is 10.8. The first-order chi connectivity index (χ1) is 9.24. The van der Waals surface area contributed by atoms with Gasteiger partial charge in [0, 0.05) is 12.2 Å². The number of nitrogens with one attached hydrogen (secondary N) is 1. The normalized spacial score (nSPS) is 17.7. The number of piperidine rings is 1. The van der Waals surface area contributed by atoms with Crippen LogP contribution in [0.2, 0.25) is 0 Å². The molecule has 1 aliphatic heterocycles. The Labute approximate surface area is 110 Å². The Kier molecular flexibility index (Phi) is 3.16. The molecule has 19 heavy (non-hydrogen) atoms. The third-order valence-corrected chi connectivity index (χ3v) is 3.55. The molecule has 1 N–H and O–H groups in total. The van der Waals surface area contributed by atoms with E-state index in [9.17, 15) is 4.79 Å².